The Bertz CT molecular complexity index is 854. The molecule has 8 heteroatoms. The molecule has 0 radical (unpaired) electrons. The van der Waals surface area contributed by atoms with Crippen molar-refractivity contribution in [2.45, 2.75) is 12.5 Å². The van der Waals surface area contributed by atoms with Gasteiger partial charge in [0.25, 0.3) is 0 Å². The largest absolute Gasteiger partial charge is 0.371 e. The van der Waals surface area contributed by atoms with Crippen molar-refractivity contribution in [2.75, 3.05) is 16.8 Å². The molecule has 24 heavy (non-hydrogen) atoms. The van der Waals surface area contributed by atoms with Crippen LogP contribution in [0.1, 0.15) is 6.42 Å². The molecule has 1 aliphatic heterocycles. The van der Waals surface area contributed by atoms with Crippen molar-refractivity contribution in [1.29, 1.82) is 0 Å². The first-order chi connectivity index (χ1) is 11.7. The van der Waals surface area contributed by atoms with E-state index in [1.807, 2.05) is 37.6 Å². The molecule has 1 unspecified atom stereocenters. The minimum Gasteiger partial charge on any atom is -0.371 e. The molecule has 0 saturated carbocycles. The topological polar surface area (TPSA) is 80.9 Å². The van der Waals surface area contributed by atoms with Gasteiger partial charge in [0.1, 0.15) is 6.04 Å². The zero-order valence-electron chi connectivity index (χ0n) is 13.2. The van der Waals surface area contributed by atoms with E-state index in [1.54, 1.807) is 32.9 Å². The molecule has 0 spiro atoms. The Kier molecular flexibility index (Phi) is 3.49. The lowest BCUT2D eigenvalue weighted by Crippen LogP contribution is -2.33. The Morgan fingerprint density at radius 2 is 2.12 bits per heavy atom. The van der Waals surface area contributed by atoms with Gasteiger partial charge in [0.2, 0.25) is 5.91 Å². The summed E-state index contributed by atoms with van der Waals surface area (Å²) in [5, 5.41) is 11.7. The van der Waals surface area contributed by atoms with Crippen molar-refractivity contribution in [1.82, 2.24) is 24.5 Å². The number of aryl methyl sites for hydroxylation is 1. The highest BCUT2D eigenvalue weighted by Crippen LogP contribution is 2.23. The number of nitrogens with zero attached hydrogens (tertiary/aromatic N) is 6. The lowest BCUT2D eigenvalue weighted by molar-refractivity contribution is -0.117. The summed E-state index contributed by atoms with van der Waals surface area (Å²) < 4.78 is 3.38. The number of hydrogen-bond donors (Lipinski definition) is 1. The van der Waals surface area contributed by atoms with Gasteiger partial charge in [0.15, 0.2) is 5.82 Å². The zero-order valence-corrected chi connectivity index (χ0v) is 13.2. The van der Waals surface area contributed by atoms with Crippen LogP contribution >= 0.6 is 0 Å². The number of carbonyl (C=O) groups excluding carboxylic acids is 1. The summed E-state index contributed by atoms with van der Waals surface area (Å²) in [6.07, 6.45) is 9.55. The Labute approximate surface area is 138 Å². The van der Waals surface area contributed by atoms with Crippen LogP contribution in [-0.2, 0) is 11.8 Å². The molecule has 1 amide bonds. The molecule has 4 heterocycles. The summed E-state index contributed by atoms with van der Waals surface area (Å²) in [7, 11) is 1.84. The second-order valence-electron chi connectivity index (χ2n) is 5.71. The second-order valence-corrected chi connectivity index (χ2v) is 5.71. The SMILES string of the molecule is Cn1cc(N2CCC(Nc3cnn(-c4ccccn4)c3)C2=O)cn1. The first-order valence-electron chi connectivity index (χ1n) is 7.73. The molecular weight excluding hydrogens is 306 g/mol. The van der Waals surface area contributed by atoms with E-state index in [0.717, 1.165) is 23.6 Å². The van der Waals surface area contributed by atoms with Gasteiger partial charge in [-0.15, -0.1) is 0 Å². The minimum absolute atomic E-state index is 0.0496. The standard InChI is InChI=1S/C16H17N7O/c1-21-11-13(9-18-21)22-7-5-14(16(22)24)20-12-8-19-23(10-12)15-4-2-3-6-17-15/h2-4,6,8-11,14,20H,5,7H2,1H3. The van der Waals surface area contributed by atoms with Crippen molar-refractivity contribution in [3.63, 3.8) is 0 Å². The van der Waals surface area contributed by atoms with E-state index in [0.29, 0.717) is 6.54 Å². The van der Waals surface area contributed by atoms with Crippen LogP contribution in [0.5, 0.6) is 0 Å². The van der Waals surface area contributed by atoms with Gasteiger partial charge in [-0.2, -0.15) is 10.2 Å². The average Bonchev–Trinajstić information content (AvgIpc) is 3.31. The molecule has 3 aromatic rings. The highest BCUT2D eigenvalue weighted by Gasteiger charge is 2.33. The number of amides is 1. The monoisotopic (exact) mass is 323 g/mol. The number of aromatic nitrogens is 5. The van der Waals surface area contributed by atoms with Gasteiger partial charge in [-0.25, -0.2) is 9.67 Å². The number of rotatable bonds is 4. The van der Waals surface area contributed by atoms with Gasteiger partial charge < -0.3 is 10.2 Å². The average molecular weight is 323 g/mol. The third-order valence-corrected chi connectivity index (χ3v) is 4.02. The fourth-order valence-electron chi connectivity index (χ4n) is 2.83. The predicted molar refractivity (Wildman–Crippen MR) is 88.9 cm³/mol. The first kappa shape index (κ1) is 14.4. The second kappa shape index (κ2) is 5.80. The van der Waals surface area contributed by atoms with Gasteiger partial charge in [-0.1, -0.05) is 6.07 Å². The van der Waals surface area contributed by atoms with Crippen molar-refractivity contribution in [3.05, 3.63) is 49.2 Å². The molecule has 1 saturated heterocycles. The molecule has 4 rings (SSSR count). The molecule has 1 fully saturated rings. The highest BCUT2D eigenvalue weighted by atomic mass is 16.2. The van der Waals surface area contributed by atoms with E-state index in [1.165, 1.54) is 0 Å². The van der Waals surface area contributed by atoms with Crippen LogP contribution < -0.4 is 10.2 Å². The molecule has 1 atom stereocenters. The van der Waals surface area contributed by atoms with Gasteiger partial charge in [0.05, 0.1) is 30.0 Å². The number of hydrogen-bond acceptors (Lipinski definition) is 5. The number of pyridine rings is 1. The molecule has 0 aliphatic carbocycles. The normalized spacial score (nSPS) is 17.5. The number of anilines is 2. The van der Waals surface area contributed by atoms with Crippen LogP contribution in [0.3, 0.4) is 0 Å². The Morgan fingerprint density at radius 3 is 2.88 bits per heavy atom. The van der Waals surface area contributed by atoms with Crippen LogP contribution in [0.15, 0.2) is 49.2 Å². The fraction of sp³-hybridized carbons (Fsp3) is 0.250. The van der Waals surface area contributed by atoms with E-state index in [-0.39, 0.29) is 11.9 Å². The Balaban J connectivity index is 1.47. The van der Waals surface area contributed by atoms with Crippen molar-refractivity contribution in [2.24, 2.45) is 7.05 Å². The summed E-state index contributed by atoms with van der Waals surface area (Å²) in [6.45, 7) is 0.677. The minimum atomic E-state index is -0.258. The summed E-state index contributed by atoms with van der Waals surface area (Å²) in [6, 6.07) is 5.38. The first-order valence-corrected chi connectivity index (χ1v) is 7.73. The van der Waals surface area contributed by atoms with E-state index in [9.17, 15) is 4.79 Å². The molecule has 1 N–H and O–H groups in total. The van der Waals surface area contributed by atoms with Crippen LogP contribution in [0, 0.1) is 0 Å². The van der Waals surface area contributed by atoms with E-state index in [2.05, 4.69) is 20.5 Å². The highest BCUT2D eigenvalue weighted by molar-refractivity contribution is 6.00. The molecule has 1 aliphatic rings. The molecule has 8 nitrogen and oxygen atoms in total. The smallest absolute Gasteiger partial charge is 0.249 e. The van der Waals surface area contributed by atoms with E-state index in [4.69, 9.17) is 0 Å². The van der Waals surface area contributed by atoms with Crippen molar-refractivity contribution >= 4 is 17.3 Å². The van der Waals surface area contributed by atoms with Gasteiger partial charge >= 0.3 is 0 Å². The molecule has 3 aromatic heterocycles. The quantitative estimate of drug-likeness (QED) is 0.781. The van der Waals surface area contributed by atoms with Gasteiger partial charge in [-0.3, -0.25) is 9.48 Å². The Morgan fingerprint density at radius 1 is 1.21 bits per heavy atom. The van der Waals surface area contributed by atoms with E-state index >= 15 is 0 Å². The van der Waals surface area contributed by atoms with Gasteiger partial charge in [0, 0.05) is 26.0 Å². The Hall–Kier alpha value is -3.16. The van der Waals surface area contributed by atoms with Crippen LogP contribution in [0.4, 0.5) is 11.4 Å². The van der Waals surface area contributed by atoms with Gasteiger partial charge in [-0.05, 0) is 18.6 Å². The maximum atomic E-state index is 12.6. The van der Waals surface area contributed by atoms with E-state index < -0.39 is 0 Å². The third kappa shape index (κ3) is 2.62. The predicted octanol–water partition coefficient (Wildman–Crippen LogP) is 1.22. The molecular formula is C16H17N7O. The third-order valence-electron chi connectivity index (χ3n) is 4.02. The lowest BCUT2D eigenvalue weighted by Gasteiger charge is -2.14. The summed E-state index contributed by atoms with van der Waals surface area (Å²) in [4.78, 5) is 18.6. The maximum absolute atomic E-state index is 12.6. The fourth-order valence-corrected chi connectivity index (χ4v) is 2.83. The van der Waals surface area contributed by atoms with Crippen molar-refractivity contribution < 1.29 is 4.79 Å². The van der Waals surface area contributed by atoms with Crippen LogP contribution in [0.2, 0.25) is 0 Å². The maximum Gasteiger partial charge on any atom is 0.249 e. The van der Waals surface area contributed by atoms with Crippen LogP contribution in [-0.4, -0.2) is 43.0 Å². The molecule has 122 valence electrons. The van der Waals surface area contributed by atoms with Crippen molar-refractivity contribution in [3.8, 4) is 5.82 Å². The summed E-state index contributed by atoms with van der Waals surface area (Å²) in [5.41, 5.74) is 1.63. The zero-order chi connectivity index (χ0) is 16.5. The summed E-state index contributed by atoms with van der Waals surface area (Å²) in [5.74, 6) is 0.786. The molecule has 0 aromatic carbocycles. The summed E-state index contributed by atoms with van der Waals surface area (Å²) >= 11 is 0. The lowest BCUT2D eigenvalue weighted by atomic mass is 10.2. The number of carbonyl (C=O) groups is 1. The van der Waals surface area contributed by atoms with Crippen LogP contribution in [0.25, 0.3) is 5.82 Å². The number of nitrogens with one attached hydrogen (secondary N) is 1. The molecule has 0 bridgehead atoms.